The Kier molecular flexibility index (Phi) is 6.65. The van der Waals surface area contributed by atoms with Gasteiger partial charge in [0.2, 0.25) is 0 Å². The van der Waals surface area contributed by atoms with E-state index < -0.39 is 47.6 Å². The van der Waals surface area contributed by atoms with Crippen LogP contribution in [0.25, 0.3) is 0 Å². The number of ether oxygens (including phenoxy) is 2. The van der Waals surface area contributed by atoms with E-state index in [4.69, 9.17) is 14.0 Å². The molecule has 1 fully saturated rings. The number of carbonyl (C=O) groups is 1. The van der Waals surface area contributed by atoms with Crippen LogP contribution in [0.3, 0.4) is 0 Å². The molecule has 1 saturated heterocycles. The molecule has 0 unspecified atom stereocenters. The van der Waals surface area contributed by atoms with Crippen molar-refractivity contribution < 1.29 is 27.2 Å². The molecule has 0 aromatic carbocycles. The van der Waals surface area contributed by atoms with Crippen LogP contribution in [-0.2, 0) is 19.6 Å². The first-order valence-electron chi connectivity index (χ1n) is 7.80. The highest BCUT2D eigenvalue weighted by Crippen LogP contribution is 2.29. The topological polar surface area (TPSA) is 102 Å². The summed E-state index contributed by atoms with van der Waals surface area (Å²) in [6, 6.07) is 0.368. The molecule has 1 aliphatic rings. The SMILES string of the molecule is CC1(C)C[C@H](CS(=O)(=O)O)[C@H](NC(=O)OCC[Si](C)(C)C)CO1. The molecule has 2 atom stereocenters. The molecule has 1 rings (SSSR count). The molecule has 0 aliphatic carbocycles. The molecule has 1 amide bonds. The van der Waals surface area contributed by atoms with Gasteiger partial charge in [0, 0.05) is 14.0 Å². The number of nitrogens with one attached hydrogen (secondary N) is 1. The molecule has 0 aromatic heterocycles. The highest BCUT2D eigenvalue weighted by molar-refractivity contribution is 7.85. The average molecular weight is 368 g/mol. The number of alkyl carbamates (subject to hydrolysis) is 1. The molecule has 2 N–H and O–H groups in total. The normalized spacial score (nSPS) is 25.0. The van der Waals surface area contributed by atoms with Crippen molar-refractivity contribution in [2.75, 3.05) is 19.0 Å². The fourth-order valence-electron chi connectivity index (χ4n) is 2.53. The molecule has 1 heterocycles. The fraction of sp³-hybridized carbons (Fsp3) is 0.929. The van der Waals surface area contributed by atoms with Gasteiger partial charge in [-0.2, -0.15) is 8.42 Å². The highest BCUT2D eigenvalue weighted by atomic mass is 32.2. The lowest BCUT2D eigenvalue weighted by molar-refractivity contribution is -0.0840. The molecule has 23 heavy (non-hydrogen) atoms. The molecular formula is C14H29NO6SSi. The maximum atomic E-state index is 11.9. The van der Waals surface area contributed by atoms with Gasteiger partial charge in [0.15, 0.2) is 0 Å². The summed E-state index contributed by atoms with van der Waals surface area (Å²) in [6.07, 6.45) is -0.149. The zero-order chi connectivity index (χ0) is 17.9. The summed E-state index contributed by atoms with van der Waals surface area (Å²) in [4.78, 5) is 11.9. The van der Waals surface area contributed by atoms with Crippen LogP contribution in [0.4, 0.5) is 4.79 Å². The van der Waals surface area contributed by atoms with Crippen LogP contribution in [-0.4, -0.2) is 57.7 Å². The van der Waals surface area contributed by atoms with Gasteiger partial charge in [0.1, 0.15) is 0 Å². The lowest BCUT2D eigenvalue weighted by Gasteiger charge is -2.40. The summed E-state index contributed by atoms with van der Waals surface area (Å²) < 4.78 is 42.3. The lowest BCUT2D eigenvalue weighted by Crippen LogP contribution is -2.53. The molecule has 0 spiro atoms. The quantitative estimate of drug-likeness (QED) is 0.551. The van der Waals surface area contributed by atoms with E-state index in [1.165, 1.54) is 0 Å². The predicted octanol–water partition coefficient (Wildman–Crippen LogP) is 2.12. The van der Waals surface area contributed by atoms with Gasteiger partial charge in [-0.3, -0.25) is 4.55 Å². The standard InChI is InChI=1S/C14H29NO6SSi/c1-14(2)8-11(10-22(17,18)19)12(9-21-14)15-13(16)20-6-7-23(3,4)5/h11-12H,6-10H2,1-5H3,(H,15,16)(H,17,18,19)/t11-,12-/m1/s1. The van der Waals surface area contributed by atoms with E-state index in [0.29, 0.717) is 13.0 Å². The monoisotopic (exact) mass is 367 g/mol. The number of carbonyl (C=O) groups excluding carboxylic acids is 1. The first-order chi connectivity index (χ1) is 10.3. The van der Waals surface area contributed by atoms with E-state index in [-0.39, 0.29) is 6.61 Å². The first kappa shape index (κ1) is 20.4. The number of rotatable bonds is 6. The zero-order valence-corrected chi connectivity index (χ0v) is 16.4. The van der Waals surface area contributed by atoms with Gasteiger partial charge in [-0.25, -0.2) is 4.79 Å². The third-order valence-electron chi connectivity index (χ3n) is 3.79. The third-order valence-corrected chi connectivity index (χ3v) is 6.34. The van der Waals surface area contributed by atoms with E-state index in [1.807, 2.05) is 13.8 Å². The van der Waals surface area contributed by atoms with Gasteiger partial charge in [-0.15, -0.1) is 0 Å². The van der Waals surface area contributed by atoms with Crippen LogP contribution in [0.15, 0.2) is 0 Å². The van der Waals surface area contributed by atoms with Gasteiger partial charge < -0.3 is 14.8 Å². The minimum atomic E-state index is -4.12. The van der Waals surface area contributed by atoms with Crippen LogP contribution in [0.2, 0.25) is 25.7 Å². The summed E-state index contributed by atoms with van der Waals surface area (Å²) in [6.45, 7) is 10.8. The van der Waals surface area contributed by atoms with E-state index in [2.05, 4.69) is 25.0 Å². The van der Waals surface area contributed by atoms with Crippen LogP contribution < -0.4 is 5.32 Å². The third kappa shape index (κ3) is 8.68. The molecule has 0 radical (unpaired) electrons. The summed E-state index contributed by atoms with van der Waals surface area (Å²) >= 11 is 0. The van der Waals surface area contributed by atoms with Gasteiger partial charge in [-0.1, -0.05) is 19.6 Å². The predicted molar refractivity (Wildman–Crippen MR) is 91.0 cm³/mol. The maximum absolute atomic E-state index is 11.9. The van der Waals surface area contributed by atoms with Crippen LogP contribution in [0, 0.1) is 5.92 Å². The molecular weight excluding hydrogens is 338 g/mol. The van der Waals surface area contributed by atoms with E-state index in [1.54, 1.807) is 0 Å². The van der Waals surface area contributed by atoms with Crippen LogP contribution >= 0.6 is 0 Å². The number of hydrogen-bond acceptors (Lipinski definition) is 5. The Morgan fingerprint density at radius 2 is 2.00 bits per heavy atom. The second-order valence-electron chi connectivity index (χ2n) is 7.98. The second-order valence-corrected chi connectivity index (χ2v) is 15.1. The smallest absolute Gasteiger partial charge is 0.407 e. The van der Waals surface area contributed by atoms with Crippen molar-refractivity contribution in [2.45, 2.75) is 57.6 Å². The van der Waals surface area contributed by atoms with Gasteiger partial charge in [-0.05, 0) is 26.3 Å². The Bertz CT molecular complexity index is 514. The van der Waals surface area contributed by atoms with Gasteiger partial charge in [0.05, 0.1) is 30.6 Å². The Hall–Kier alpha value is -0.643. The largest absolute Gasteiger partial charge is 0.450 e. The number of hydrogen-bond donors (Lipinski definition) is 2. The Balaban J connectivity index is 2.59. The average Bonchev–Trinajstić information content (AvgIpc) is 2.28. The first-order valence-corrected chi connectivity index (χ1v) is 13.1. The number of amides is 1. The van der Waals surface area contributed by atoms with Crippen molar-refractivity contribution in [1.82, 2.24) is 5.32 Å². The highest BCUT2D eigenvalue weighted by Gasteiger charge is 2.38. The molecule has 7 nitrogen and oxygen atoms in total. The minimum Gasteiger partial charge on any atom is -0.450 e. The second kappa shape index (κ2) is 7.50. The summed E-state index contributed by atoms with van der Waals surface area (Å²) in [5, 5.41) is 2.67. The van der Waals surface area contributed by atoms with E-state index >= 15 is 0 Å². The van der Waals surface area contributed by atoms with Gasteiger partial charge >= 0.3 is 6.09 Å². The Morgan fingerprint density at radius 1 is 1.39 bits per heavy atom. The van der Waals surface area contributed by atoms with E-state index in [0.717, 1.165) is 6.04 Å². The molecule has 0 saturated carbocycles. The van der Waals surface area contributed by atoms with Crippen molar-refractivity contribution in [3.63, 3.8) is 0 Å². The van der Waals surface area contributed by atoms with Crippen molar-refractivity contribution in [3.8, 4) is 0 Å². The van der Waals surface area contributed by atoms with Gasteiger partial charge in [0.25, 0.3) is 10.1 Å². The molecule has 0 aromatic rings. The molecule has 0 bridgehead atoms. The molecule has 136 valence electrons. The van der Waals surface area contributed by atoms with Crippen molar-refractivity contribution in [3.05, 3.63) is 0 Å². The van der Waals surface area contributed by atoms with E-state index in [9.17, 15) is 13.2 Å². The Labute approximate surface area is 139 Å². The summed E-state index contributed by atoms with van der Waals surface area (Å²) in [5.41, 5.74) is -0.491. The molecule has 9 heteroatoms. The zero-order valence-electron chi connectivity index (χ0n) is 14.6. The summed E-state index contributed by atoms with van der Waals surface area (Å²) in [7, 11) is -5.40. The van der Waals surface area contributed by atoms with Crippen molar-refractivity contribution in [1.29, 1.82) is 0 Å². The summed E-state index contributed by atoms with van der Waals surface area (Å²) in [5.74, 6) is -0.821. The maximum Gasteiger partial charge on any atom is 0.407 e. The van der Waals surface area contributed by atoms with Crippen molar-refractivity contribution in [2.24, 2.45) is 5.92 Å². The molecule has 1 aliphatic heterocycles. The van der Waals surface area contributed by atoms with Crippen LogP contribution in [0.1, 0.15) is 20.3 Å². The minimum absolute atomic E-state index is 0.191. The lowest BCUT2D eigenvalue weighted by atomic mass is 9.86. The Morgan fingerprint density at radius 3 is 2.52 bits per heavy atom. The van der Waals surface area contributed by atoms with Crippen LogP contribution in [0.5, 0.6) is 0 Å². The van der Waals surface area contributed by atoms with Crippen molar-refractivity contribution >= 4 is 24.3 Å². The fourth-order valence-corrected chi connectivity index (χ4v) is 4.14.